The molecule has 0 aliphatic rings. The number of hydrogen-bond acceptors (Lipinski definition) is 3. The number of hydrogen-bond donors (Lipinski definition) is 1. The molecule has 0 saturated heterocycles. The Morgan fingerprint density at radius 3 is 2.70 bits per heavy atom. The van der Waals surface area contributed by atoms with Gasteiger partial charge in [-0.3, -0.25) is 4.79 Å². The smallest absolute Gasteiger partial charge is 0.222 e. The summed E-state index contributed by atoms with van der Waals surface area (Å²) < 4.78 is 5.83. The summed E-state index contributed by atoms with van der Waals surface area (Å²) in [4.78, 5) is 13.1. The van der Waals surface area contributed by atoms with E-state index in [9.17, 15) is 4.79 Å². The number of benzene rings is 1. The summed E-state index contributed by atoms with van der Waals surface area (Å²) in [5, 5.41) is 3.23. The van der Waals surface area contributed by atoms with Crippen molar-refractivity contribution in [2.45, 2.75) is 32.7 Å². The van der Waals surface area contributed by atoms with Crippen molar-refractivity contribution >= 4 is 5.91 Å². The first-order chi connectivity index (χ1) is 9.45. The van der Waals surface area contributed by atoms with Crippen LogP contribution in [0.5, 0.6) is 5.75 Å². The van der Waals surface area contributed by atoms with E-state index in [0.717, 1.165) is 17.7 Å². The molecule has 1 unspecified atom stereocenters. The first-order valence-electron chi connectivity index (χ1n) is 7.06. The van der Waals surface area contributed by atoms with Gasteiger partial charge in [-0.2, -0.15) is 0 Å². The number of rotatable bonds is 7. The van der Waals surface area contributed by atoms with Gasteiger partial charge in [-0.1, -0.05) is 17.7 Å². The average molecular weight is 278 g/mol. The van der Waals surface area contributed by atoms with Crippen LogP contribution in [0.15, 0.2) is 18.2 Å². The molecular weight excluding hydrogens is 252 g/mol. The van der Waals surface area contributed by atoms with Gasteiger partial charge in [0.25, 0.3) is 0 Å². The molecule has 4 heteroatoms. The van der Waals surface area contributed by atoms with Gasteiger partial charge in [0.05, 0.1) is 6.61 Å². The van der Waals surface area contributed by atoms with E-state index in [1.807, 2.05) is 19.2 Å². The predicted octanol–water partition coefficient (Wildman–Crippen LogP) is 2.52. The standard InChI is InChI=1S/C16H26N2O2/c1-12-8-9-15(14(11-12)13(2)17-3)20-10-6-7-16(19)18(4)5/h8-9,11,13,17H,6-7,10H2,1-5H3. The monoisotopic (exact) mass is 278 g/mol. The van der Waals surface area contributed by atoms with Crippen molar-refractivity contribution in [3.05, 3.63) is 29.3 Å². The molecule has 20 heavy (non-hydrogen) atoms. The lowest BCUT2D eigenvalue weighted by molar-refractivity contribution is -0.128. The number of nitrogens with zero attached hydrogens (tertiary/aromatic N) is 1. The molecule has 0 aromatic heterocycles. The maximum Gasteiger partial charge on any atom is 0.222 e. The molecule has 4 nitrogen and oxygen atoms in total. The Morgan fingerprint density at radius 1 is 1.40 bits per heavy atom. The topological polar surface area (TPSA) is 41.6 Å². The SMILES string of the molecule is CNC(C)c1cc(C)ccc1OCCCC(=O)N(C)C. The van der Waals surface area contributed by atoms with Gasteiger partial charge >= 0.3 is 0 Å². The van der Waals surface area contributed by atoms with E-state index < -0.39 is 0 Å². The quantitative estimate of drug-likeness (QED) is 0.779. The van der Waals surface area contributed by atoms with Crippen molar-refractivity contribution in [2.24, 2.45) is 0 Å². The van der Waals surface area contributed by atoms with E-state index in [1.165, 1.54) is 5.56 Å². The van der Waals surface area contributed by atoms with Crippen LogP contribution in [0.4, 0.5) is 0 Å². The van der Waals surface area contributed by atoms with E-state index in [1.54, 1.807) is 19.0 Å². The highest BCUT2D eigenvalue weighted by atomic mass is 16.5. The molecule has 0 bridgehead atoms. The van der Waals surface area contributed by atoms with Gasteiger partial charge in [0.1, 0.15) is 5.75 Å². The van der Waals surface area contributed by atoms with Gasteiger partial charge in [-0.25, -0.2) is 0 Å². The van der Waals surface area contributed by atoms with Crippen molar-refractivity contribution in [2.75, 3.05) is 27.7 Å². The zero-order valence-corrected chi connectivity index (χ0v) is 13.2. The summed E-state index contributed by atoms with van der Waals surface area (Å²) in [6.07, 6.45) is 1.26. The Bertz CT molecular complexity index is 444. The molecule has 1 atom stereocenters. The third-order valence-corrected chi connectivity index (χ3v) is 3.36. The first-order valence-corrected chi connectivity index (χ1v) is 7.06. The van der Waals surface area contributed by atoms with Crippen LogP contribution in [0, 0.1) is 6.92 Å². The predicted molar refractivity (Wildman–Crippen MR) is 82.1 cm³/mol. The van der Waals surface area contributed by atoms with Gasteiger partial charge < -0.3 is 15.0 Å². The van der Waals surface area contributed by atoms with Crippen LogP contribution in [-0.2, 0) is 4.79 Å². The third kappa shape index (κ3) is 4.85. The minimum absolute atomic E-state index is 0.140. The molecule has 1 aromatic carbocycles. The fraction of sp³-hybridized carbons (Fsp3) is 0.562. The van der Waals surface area contributed by atoms with E-state index >= 15 is 0 Å². The molecule has 0 spiro atoms. The summed E-state index contributed by atoms with van der Waals surface area (Å²) >= 11 is 0. The normalized spacial score (nSPS) is 12.1. The minimum atomic E-state index is 0.140. The zero-order valence-electron chi connectivity index (χ0n) is 13.2. The van der Waals surface area contributed by atoms with Crippen molar-refractivity contribution < 1.29 is 9.53 Å². The van der Waals surface area contributed by atoms with Crippen LogP contribution in [0.25, 0.3) is 0 Å². The van der Waals surface area contributed by atoms with Crippen LogP contribution < -0.4 is 10.1 Å². The lowest BCUT2D eigenvalue weighted by Gasteiger charge is -2.17. The fourth-order valence-corrected chi connectivity index (χ4v) is 1.92. The van der Waals surface area contributed by atoms with Crippen LogP contribution in [-0.4, -0.2) is 38.6 Å². The Hall–Kier alpha value is -1.55. The highest BCUT2D eigenvalue weighted by molar-refractivity contribution is 5.75. The Kier molecular flexibility index (Phi) is 6.52. The van der Waals surface area contributed by atoms with Gasteiger partial charge in [0, 0.05) is 32.1 Å². The van der Waals surface area contributed by atoms with Gasteiger partial charge in [0.15, 0.2) is 0 Å². The molecule has 1 aromatic rings. The number of carbonyl (C=O) groups excluding carboxylic acids is 1. The molecule has 1 N–H and O–H groups in total. The lowest BCUT2D eigenvalue weighted by atomic mass is 10.0. The summed E-state index contributed by atoms with van der Waals surface area (Å²) in [5.74, 6) is 1.04. The van der Waals surface area contributed by atoms with E-state index in [-0.39, 0.29) is 11.9 Å². The second-order valence-corrected chi connectivity index (χ2v) is 5.29. The summed E-state index contributed by atoms with van der Waals surface area (Å²) in [7, 11) is 5.48. The van der Waals surface area contributed by atoms with Crippen LogP contribution >= 0.6 is 0 Å². The summed E-state index contributed by atoms with van der Waals surface area (Å²) in [6.45, 7) is 4.74. The molecule has 112 valence electrons. The number of amides is 1. The molecule has 0 aliphatic carbocycles. The lowest BCUT2D eigenvalue weighted by Crippen LogP contribution is -2.21. The molecule has 1 rings (SSSR count). The van der Waals surface area contributed by atoms with E-state index in [0.29, 0.717) is 13.0 Å². The minimum Gasteiger partial charge on any atom is -0.493 e. The summed E-state index contributed by atoms with van der Waals surface area (Å²) in [6, 6.07) is 6.44. The van der Waals surface area contributed by atoms with Gasteiger partial charge in [-0.05, 0) is 33.4 Å². The number of aryl methyl sites for hydroxylation is 1. The van der Waals surface area contributed by atoms with Crippen molar-refractivity contribution in [1.29, 1.82) is 0 Å². The second-order valence-electron chi connectivity index (χ2n) is 5.29. The molecule has 0 fully saturated rings. The molecule has 1 amide bonds. The largest absolute Gasteiger partial charge is 0.493 e. The van der Waals surface area contributed by atoms with Gasteiger partial charge in [0.2, 0.25) is 5.91 Å². The van der Waals surface area contributed by atoms with Crippen molar-refractivity contribution in [1.82, 2.24) is 10.2 Å². The van der Waals surface area contributed by atoms with E-state index in [2.05, 4.69) is 25.2 Å². The fourth-order valence-electron chi connectivity index (χ4n) is 1.92. The maximum absolute atomic E-state index is 11.5. The molecule has 0 saturated carbocycles. The number of ether oxygens (including phenoxy) is 1. The summed E-state index contributed by atoms with van der Waals surface area (Å²) in [5.41, 5.74) is 2.38. The molecule has 0 aliphatic heterocycles. The number of nitrogens with one attached hydrogen (secondary N) is 1. The average Bonchev–Trinajstić information content (AvgIpc) is 2.43. The Labute approximate surface area is 122 Å². The highest BCUT2D eigenvalue weighted by Gasteiger charge is 2.11. The number of carbonyl (C=O) groups is 1. The first kappa shape index (κ1) is 16.5. The molecule has 0 heterocycles. The van der Waals surface area contributed by atoms with Crippen molar-refractivity contribution in [3.63, 3.8) is 0 Å². The third-order valence-electron chi connectivity index (χ3n) is 3.36. The van der Waals surface area contributed by atoms with Crippen LogP contribution in [0.2, 0.25) is 0 Å². The van der Waals surface area contributed by atoms with Crippen LogP contribution in [0.3, 0.4) is 0 Å². The Balaban J connectivity index is 2.57. The maximum atomic E-state index is 11.5. The Morgan fingerprint density at radius 2 is 2.10 bits per heavy atom. The van der Waals surface area contributed by atoms with Gasteiger partial charge in [-0.15, -0.1) is 0 Å². The van der Waals surface area contributed by atoms with Crippen molar-refractivity contribution in [3.8, 4) is 5.75 Å². The molecular formula is C16H26N2O2. The molecule has 0 radical (unpaired) electrons. The van der Waals surface area contributed by atoms with E-state index in [4.69, 9.17) is 4.74 Å². The highest BCUT2D eigenvalue weighted by Crippen LogP contribution is 2.26. The zero-order chi connectivity index (χ0) is 15.1. The van der Waals surface area contributed by atoms with Crippen LogP contribution in [0.1, 0.15) is 36.9 Å². The second kappa shape index (κ2) is 7.90.